The van der Waals surface area contributed by atoms with Gasteiger partial charge in [-0.2, -0.15) is 0 Å². The third kappa shape index (κ3) is 1.69. The number of hydrogen-bond donors (Lipinski definition) is 0. The van der Waals surface area contributed by atoms with Gasteiger partial charge in [-0.25, -0.2) is 0 Å². The number of ether oxygens (including phenoxy) is 1. The maximum absolute atomic E-state index is 11.9. The molecule has 2 rings (SSSR count). The number of carbonyl (C=O) groups is 1. The molecule has 74 valence electrons. The molecular formula is C11H11BrO2. The van der Waals surface area contributed by atoms with E-state index in [2.05, 4.69) is 15.9 Å². The van der Waals surface area contributed by atoms with Crippen molar-refractivity contribution in [2.75, 3.05) is 6.61 Å². The van der Waals surface area contributed by atoms with Gasteiger partial charge in [0.1, 0.15) is 5.75 Å². The van der Waals surface area contributed by atoms with Crippen LogP contribution in [0.2, 0.25) is 0 Å². The lowest BCUT2D eigenvalue weighted by molar-refractivity contribution is 0.0991. The van der Waals surface area contributed by atoms with Crippen LogP contribution in [0.5, 0.6) is 5.75 Å². The van der Waals surface area contributed by atoms with Crippen LogP contribution in [-0.4, -0.2) is 17.2 Å². The van der Waals surface area contributed by atoms with E-state index in [-0.39, 0.29) is 10.6 Å². The van der Waals surface area contributed by atoms with Gasteiger partial charge < -0.3 is 4.74 Å². The van der Waals surface area contributed by atoms with Crippen LogP contribution in [0.25, 0.3) is 0 Å². The van der Waals surface area contributed by atoms with E-state index in [1.54, 1.807) is 0 Å². The smallest absolute Gasteiger partial charge is 0.180 e. The van der Waals surface area contributed by atoms with Gasteiger partial charge in [-0.1, -0.05) is 27.6 Å². The van der Waals surface area contributed by atoms with Crippen LogP contribution in [0.15, 0.2) is 18.2 Å². The fourth-order valence-corrected chi connectivity index (χ4v) is 1.97. The van der Waals surface area contributed by atoms with Gasteiger partial charge in [0.15, 0.2) is 5.78 Å². The highest BCUT2D eigenvalue weighted by Gasteiger charge is 2.23. The highest BCUT2D eigenvalue weighted by Crippen LogP contribution is 2.27. The van der Waals surface area contributed by atoms with E-state index in [1.807, 2.05) is 25.1 Å². The molecule has 0 spiro atoms. The van der Waals surface area contributed by atoms with E-state index in [0.29, 0.717) is 17.9 Å². The first-order valence-corrected chi connectivity index (χ1v) is 5.52. The van der Waals surface area contributed by atoms with Crippen molar-refractivity contribution < 1.29 is 9.53 Å². The number of ketones is 1. The zero-order chi connectivity index (χ0) is 10.1. The highest BCUT2D eigenvalue weighted by atomic mass is 79.9. The number of halogens is 1. The van der Waals surface area contributed by atoms with Crippen LogP contribution in [0.3, 0.4) is 0 Å². The molecule has 0 aromatic heterocycles. The number of Topliss-reactive ketones (excluding diaryl/α,β-unsaturated/α-hetero) is 1. The molecule has 1 heterocycles. The zero-order valence-corrected chi connectivity index (χ0v) is 9.50. The summed E-state index contributed by atoms with van der Waals surface area (Å²) in [7, 11) is 0. The van der Waals surface area contributed by atoms with E-state index < -0.39 is 0 Å². The Balaban J connectivity index is 2.50. The molecule has 0 amide bonds. The van der Waals surface area contributed by atoms with E-state index >= 15 is 0 Å². The fourth-order valence-electron chi connectivity index (χ4n) is 1.53. The Morgan fingerprint density at radius 3 is 3.07 bits per heavy atom. The van der Waals surface area contributed by atoms with Crippen molar-refractivity contribution in [3.05, 3.63) is 29.3 Å². The van der Waals surface area contributed by atoms with Gasteiger partial charge in [-0.15, -0.1) is 0 Å². The van der Waals surface area contributed by atoms with E-state index in [0.717, 1.165) is 12.0 Å². The van der Waals surface area contributed by atoms with Crippen LogP contribution in [0.4, 0.5) is 0 Å². The number of fused-ring (bicyclic) bond motifs is 1. The van der Waals surface area contributed by atoms with Crippen LogP contribution >= 0.6 is 15.9 Å². The van der Waals surface area contributed by atoms with Gasteiger partial charge >= 0.3 is 0 Å². The molecule has 0 saturated heterocycles. The lowest BCUT2D eigenvalue weighted by Gasteiger charge is -2.06. The summed E-state index contributed by atoms with van der Waals surface area (Å²) < 4.78 is 5.49. The Morgan fingerprint density at radius 2 is 2.29 bits per heavy atom. The summed E-state index contributed by atoms with van der Waals surface area (Å²) in [6, 6.07) is 5.71. The standard InChI is InChI=1S/C11H11BrO2/c1-7-2-3-10-8(6-7)11(13)9(12)4-5-14-10/h2-3,6,9H,4-5H2,1H3. The fraction of sp³-hybridized carbons (Fsp3) is 0.364. The SMILES string of the molecule is Cc1ccc2c(c1)C(=O)C(Br)CCO2. The molecule has 0 fully saturated rings. The summed E-state index contributed by atoms with van der Waals surface area (Å²) in [6.07, 6.45) is 0.729. The minimum absolute atomic E-state index is 0.106. The molecule has 0 radical (unpaired) electrons. The molecule has 1 aromatic rings. The van der Waals surface area contributed by atoms with Crippen LogP contribution in [0, 0.1) is 6.92 Å². The summed E-state index contributed by atoms with van der Waals surface area (Å²) >= 11 is 3.37. The number of alkyl halides is 1. The molecule has 14 heavy (non-hydrogen) atoms. The molecule has 0 aliphatic carbocycles. The molecule has 1 atom stereocenters. The van der Waals surface area contributed by atoms with Gasteiger partial charge in [0.25, 0.3) is 0 Å². The van der Waals surface area contributed by atoms with E-state index in [4.69, 9.17) is 4.74 Å². The number of hydrogen-bond acceptors (Lipinski definition) is 2. The summed E-state index contributed by atoms with van der Waals surface area (Å²) in [5, 5.41) is 0. The number of carbonyl (C=O) groups excluding carboxylic acids is 1. The molecule has 1 aliphatic heterocycles. The van der Waals surface area contributed by atoms with Crippen molar-refractivity contribution in [3.63, 3.8) is 0 Å². The largest absolute Gasteiger partial charge is 0.493 e. The molecule has 2 nitrogen and oxygen atoms in total. The first-order valence-electron chi connectivity index (χ1n) is 4.60. The number of benzene rings is 1. The van der Waals surface area contributed by atoms with Gasteiger partial charge in [-0.05, 0) is 19.1 Å². The van der Waals surface area contributed by atoms with E-state index in [1.165, 1.54) is 0 Å². The number of rotatable bonds is 0. The first-order chi connectivity index (χ1) is 6.68. The third-order valence-corrected chi connectivity index (χ3v) is 3.19. The van der Waals surface area contributed by atoms with Gasteiger partial charge in [0.05, 0.1) is 17.0 Å². The zero-order valence-electron chi connectivity index (χ0n) is 7.92. The average molecular weight is 255 g/mol. The third-order valence-electron chi connectivity index (χ3n) is 2.31. The van der Waals surface area contributed by atoms with Crippen molar-refractivity contribution in [1.29, 1.82) is 0 Å². The van der Waals surface area contributed by atoms with Crippen molar-refractivity contribution in [2.24, 2.45) is 0 Å². The molecule has 1 aromatic carbocycles. The average Bonchev–Trinajstić information content (AvgIpc) is 2.30. The summed E-state index contributed by atoms with van der Waals surface area (Å²) in [5.74, 6) is 0.837. The summed E-state index contributed by atoms with van der Waals surface area (Å²) in [4.78, 5) is 11.8. The maximum atomic E-state index is 11.9. The second kappa shape index (κ2) is 3.73. The van der Waals surface area contributed by atoms with Crippen molar-refractivity contribution in [3.8, 4) is 5.75 Å². The molecule has 1 aliphatic rings. The second-order valence-corrected chi connectivity index (χ2v) is 4.57. The number of aryl methyl sites for hydroxylation is 1. The molecule has 1 unspecified atom stereocenters. The second-order valence-electron chi connectivity index (χ2n) is 3.47. The maximum Gasteiger partial charge on any atom is 0.180 e. The van der Waals surface area contributed by atoms with Crippen LogP contribution in [-0.2, 0) is 0 Å². The lowest BCUT2D eigenvalue weighted by Crippen LogP contribution is -2.13. The lowest BCUT2D eigenvalue weighted by atomic mass is 10.0. The van der Waals surface area contributed by atoms with Gasteiger partial charge in [0.2, 0.25) is 0 Å². The quantitative estimate of drug-likeness (QED) is 0.666. The van der Waals surface area contributed by atoms with Gasteiger partial charge in [-0.3, -0.25) is 4.79 Å². The minimum Gasteiger partial charge on any atom is -0.493 e. The highest BCUT2D eigenvalue weighted by molar-refractivity contribution is 9.10. The molecule has 0 bridgehead atoms. The Hall–Kier alpha value is -0.830. The topological polar surface area (TPSA) is 26.3 Å². The van der Waals surface area contributed by atoms with E-state index in [9.17, 15) is 4.79 Å². The predicted octanol–water partition coefficient (Wildman–Crippen LogP) is 2.72. The normalized spacial score (nSPS) is 21.0. The van der Waals surface area contributed by atoms with Crippen molar-refractivity contribution >= 4 is 21.7 Å². The Bertz CT molecular complexity index is 374. The summed E-state index contributed by atoms with van der Waals surface area (Å²) in [6.45, 7) is 2.57. The van der Waals surface area contributed by atoms with Crippen LogP contribution in [0.1, 0.15) is 22.3 Å². The molecule has 0 N–H and O–H groups in total. The molecule has 3 heteroatoms. The summed E-state index contributed by atoms with van der Waals surface area (Å²) in [5.41, 5.74) is 1.78. The van der Waals surface area contributed by atoms with Gasteiger partial charge in [0, 0.05) is 6.42 Å². The molecular weight excluding hydrogens is 244 g/mol. The Kier molecular flexibility index (Phi) is 2.59. The van der Waals surface area contributed by atoms with Crippen molar-refractivity contribution in [2.45, 2.75) is 18.2 Å². The minimum atomic E-state index is -0.106. The predicted molar refractivity (Wildman–Crippen MR) is 58.3 cm³/mol. The van der Waals surface area contributed by atoms with Crippen molar-refractivity contribution in [1.82, 2.24) is 0 Å². The first kappa shape index (κ1) is 9.71. The monoisotopic (exact) mass is 254 g/mol. The Morgan fingerprint density at radius 1 is 1.50 bits per heavy atom. The molecule has 0 saturated carbocycles. The van der Waals surface area contributed by atoms with Crippen LogP contribution < -0.4 is 4.74 Å². The Labute approximate surface area is 91.4 Å².